The molecule has 0 aromatic heterocycles. The number of amides is 1. The van der Waals surface area contributed by atoms with E-state index in [0.717, 1.165) is 11.1 Å². The van der Waals surface area contributed by atoms with Crippen molar-refractivity contribution >= 4 is 26.5 Å². The Morgan fingerprint density at radius 3 is 1.51 bits per heavy atom. The zero-order valence-corrected chi connectivity index (χ0v) is 29.9. The zero-order valence-electron chi connectivity index (χ0n) is 28.9. The van der Waals surface area contributed by atoms with Gasteiger partial charge in [-0.25, -0.2) is 4.79 Å². The molecule has 3 aromatic rings. The minimum atomic E-state index is -2.49. The molecule has 5 atom stereocenters. The van der Waals surface area contributed by atoms with Gasteiger partial charge in [0, 0.05) is 0 Å². The normalized spacial score (nSPS) is 23.2. The summed E-state index contributed by atoms with van der Waals surface area (Å²) < 4.78 is 21.1. The number of ether oxygens (including phenoxy) is 1. The highest BCUT2D eigenvalue weighted by atomic mass is 28.3. The van der Waals surface area contributed by atoms with E-state index in [1.165, 1.54) is 69.4 Å². The molecule has 1 amide bonds. The van der Waals surface area contributed by atoms with Gasteiger partial charge in [0.15, 0.2) is 0 Å². The lowest BCUT2D eigenvalue weighted by atomic mass is 9.77. The predicted octanol–water partition coefficient (Wildman–Crippen LogP) is 9.44. The molecule has 3 aliphatic rings. The number of carbonyl (C=O) groups excluding carboxylic acids is 1. The minimum Gasteiger partial charge on any atom is -0.452 e. The summed E-state index contributed by atoms with van der Waals surface area (Å²) in [4.78, 5) is 16.7. The third kappa shape index (κ3) is 7.73. The first-order valence-electron chi connectivity index (χ1n) is 18.3. The molecule has 2 aliphatic carbocycles. The van der Waals surface area contributed by atoms with Crippen molar-refractivity contribution in [2.24, 2.45) is 11.8 Å². The van der Waals surface area contributed by atoms with Crippen molar-refractivity contribution in [2.75, 3.05) is 0 Å². The van der Waals surface area contributed by atoms with E-state index in [0.29, 0.717) is 11.8 Å². The van der Waals surface area contributed by atoms with Gasteiger partial charge in [0.25, 0.3) is 0 Å². The third-order valence-electron chi connectivity index (χ3n) is 11.4. The fraction of sp³-hybridized carbons (Fsp3) is 0.525. The van der Waals surface area contributed by atoms with Gasteiger partial charge in [-0.05, 0) is 62.5 Å². The molecule has 0 unspecified atom stereocenters. The summed E-state index contributed by atoms with van der Waals surface area (Å²) in [5, 5.41) is 1.24. The smallest absolute Gasteiger partial charge is 0.452 e. The number of hydrogen-bond donors (Lipinski definition) is 0. The first kappa shape index (κ1) is 34.0. The lowest BCUT2D eigenvalue weighted by Crippen LogP contribution is -2.62. The fourth-order valence-electron chi connectivity index (χ4n) is 8.50. The largest absolute Gasteiger partial charge is 0.498 e. The molecule has 6 rings (SSSR count). The third-order valence-corrected chi connectivity index (χ3v) is 15.1. The van der Waals surface area contributed by atoms with Gasteiger partial charge < -0.3 is 14.0 Å². The summed E-state index contributed by atoms with van der Waals surface area (Å²) in [5.74, 6) is 1.01. The molecule has 7 heteroatoms. The van der Waals surface area contributed by atoms with Gasteiger partial charge in [-0.15, -0.1) is 0 Å². The minimum absolute atomic E-state index is 0.0627. The number of benzene rings is 3. The predicted molar refractivity (Wildman–Crippen MR) is 194 cm³/mol. The van der Waals surface area contributed by atoms with E-state index in [9.17, 15) is 4.79 Å². The van der Waals surface area contributed by atoms with Crippen LogP contribution in [0.25, 0.3) is 0 Å². The van der Waals surface area contributed by atoms with Gasteiger partial charge >= 0.3 is 13.2 Å². The molecule has 1 saturated heterocycles. The van der Waals surface area contributed by atoms with Crippen molar-refractivity contribution in [1.29, 1.82) is 0 Å². The maximum atomic E-state index is 14.8. The second-order valence-electron chi connectivity index (χ2n) is 14.8. The van der Waals surface area contributed by atoms with E-state index in [1.807, 2.05) is 41.3 Å². The summed E-state index contributed by atoms with van der Waals surface area (Å²) in [7, 11) is -3.07. The summed E-state index contributed by atoms with van der Waals surface area (Å²) in [6.07, 6.45) is 12.3. The number of hydrogen-bond acceptors (Lipinski definition) is 4. The van der Waals surface area contributed by atoms with Crippen LogP contribution in [0.15, 0.2) is 91.0 Å². The van der Waals surface area contributed by atoms with Gasteiger partial charge in [0.1, 0.15) is 13.7 Å². The van der Waals surface area contributed by atoms with Crippen molar-refractivity contribution in [3.05, 3.63) is 102 Å². The Morgan fingerprint density at radius 2 is 1.09 bits per heavy atom. The van der Waals surface area contributed by atoms with Gasteiger partial charge in [-0.1, -0.05) is 148 Å². The second-order valence-corrected chi connectivity index (χ2v) is 19.4. The average Bonchev–Trinajstić information content (AvgIpc) is 3.57. The average molecular weight is 652 g/mol. The molecule has 3 fully saturated rings. The van der Waals surface area contributed by atoms with E-state index in [2.05, 4.69) is 81.5 Å². The van der Waals surface area contributed by atoms with Crippen LogP contribution in [0.1, 0.15) is 101 Å². The lowest BCUT2D eigenvalue weighted by molar-refractivity contribution is 0.0324. The molecular formula is C40H54BNO4Si. The molecule has 0 bridgehead atoms. The fourth-order valence-corrected chi connectivity index (χ4v) is 11.1. The van der Waals surface area contributed by atoms with Crippen LogP contribution in [0, 0.1) is 11.8 Å². The van der Waals surface area contributed by atoms with Crippen LogP contribution in [-0.2, 0) is 14.0 Å². The summed E-state index contributed by atoms with van der Waals surface area (Å²) >= 11 is 0. The van der Waals surface area contributed by atoms with Crippen LogP contribution in [0.3, 0.4) is 0 Å². The Kier molecular flexibility index (Phi) is 11.3. The Morgan fingerprint density at radius 1 is 0.681 bits per heavy atom. The highest BCUT2D eigenvalue weighted by Crippen LogP contribution is 2.42. The van der Waals surface area contributed by atoms with Crippen molar-refractivity contribution < 1.29 is 18.8 Å². The molecule has 47 heavy (non-hydrogen) atoms. The van der Waals surface area contributed by atoms with E-state index in [1.54, 1.807) is 0 Å². The molecule has 1 heterocycles. The van der Waals surface area contributed by atoms with Gasteiger partial charge in [-0.2, -0.15) is 0 Å². The molecule has 1 aliphatic heterocycles. The van der Waals surface area contributed by atoms with E-state index in [-0.39, 0.29) is 30.4 Å². The number of rotatable bonds is 10. The Balaban J connectivity index is 1.35. The van der Waals surface area contributed by atoms with Crippen LogP contribution in [-0.4, -0.2) is 44.0 Å². The van der Waals surface area contributed by atoms with E-state index in [4.69, 9.17) is 14.0 Å². The quantitative estimate of drug-likeness (QED) is 0.205. The van der Waals surface area contributed by atoms with Crippen molar-refractivity contribution in [2.45, 2.75) is 121 Å². The summed E-state index contributed by atoms with van der Waals surface area (Å²) in [6, 6.07) is 30.8. The highest BCUT2D eigenvalue weighted by molar-refractivity contribution is 6.97. The molecule has 250 valence electrons. The Hall–Kier alpha value is -2.87. The molecule has 0 N–H and O–H groups in total. The van der Waals surface area contributed by atoms with Crippen molar-refractivity contribution in [1.82, 2.24) is 4.90 Å². The monoisotopic (exact) mass is 651 g/mol. The molecule has 3 aromatic carbocycles. The number of nitrogens with zero attached hydrogens (tertiary/aromatic N) is 1. The first-order valence-corrected chi connectivity index (χ1v) is 21.4. The van der Waals surface area contributed by atoms with E-state index < -0.39 is 20.8 Å². The standard InChI is InChI=1S/C40H54BNO4Si/c1-30(32-20-10-5-11-21-32)42(31(2)33-22-12-6-13-23-33)40(43)44-39(47(3,4)36-28-18-9-19-29-36)41-45-37(34-24-14-7-15-25-34)38(46-41)35-26-16-8-17-27-35/h5-6,9-13,18-23,28-31,34-35,37-39H,7-8,14-17,24-27H2,1-4H3/t30-,31-,37+,38+,39-/m0/s1. The van der Waals surface area contributed by atoms with Crippen molar-refractivity contribution in [3.8, 4) is 0 Å². The SMILES string of the molecule is C[C@@H](c1ccccc1)N(C(=O)O[C@H](B1O[C@H](C2CCCCC2)[C@@H](C2CCCCC2)O1)[Si](C)(C)c1ccccc1)[C@@H](C)c1ccccc1. The van der Waals surface area contributed by atoms with Crippen LogP contribution in [0.4, 0.5) is 4.79 Å². The van der Waals surface area contributed by atoms with E-state index >= 15 is 0 Å². The Bertz CT molecular complexity index is 1330. The van der Waals surface area contributed by atoms with Gasteiger partial charge in [0.05, 0.1) is 24.3 Å². The van der Waals surface area contributed by atoms with Crippen LogP contribution >= 0.6 is 0 Å². The van der Waals surface area contributed by atoms with Crippen LogP contribution < -0.4 is 5.19 Å². The molecular weight excluding hydrogens is 597 g/mol. The summed E-state index contributed by atoms with van der Waals surface area (Å²) in [5.41, 5.74) is 1.64. The molecule has 2 saturated carbocycles. The van der Waals surface area contributed by atoms with Crippen molar-refractivity contribution in [3.63, 3.8) is 0 Å². The van der Waals surface area contributed by atoms with Crippen LogP contribution in [0.5, 0.6) is 0 Å². The molecule has 5 nitrogen and oxygen atoms in total. The number of carbonyl (C=O) groups is 1. The maximum Gasteiger partial charge on any atom is 0.498 e. The lowest BCUT2D eigenvalue weighted by Gasteiger charge is -2.39. The zero-order chi connectivity index (χ0) is 32.8. The second kappa shape index (κ2) is 15.6. The molecule has 0 spiro atoms. The first-order chi connectivity index (χ1) is 22.8. The summed E-state index contributed by atoms with van der Waals surface area (Å²) in [6.45, 7) is 8.82. The topological polar surface area (TPSA) is 48.0 Å². The van der Waals surface area contributed by atoms with Gasteiger partial charge in [-0.3, -0.25) is 4.90 Å². The van der Waals surface area contributed by atoms with Gasteiger partial charge in [0.2, 0.25) is 0 Å². The highest BCUT2D eigenvalue weighted by Gasteiger charge is 2.56. The Labute approximate surface area is 284 Å². The van der Waals surface area contributed by atoms with Crippen LogP contribution in [0.2, 0.25) is 13.1 Å². The maximum absolute atomic E-state index is 14.8. The molecule has 0 radical (unpaired) electrons.